The SMILES string of the molecule is CN(C)C(=O)c1ccc(N2CCC(C(=O)O)(c3ccccc3)C2)nc1. The number of hydrogen-bond donors (Lipinski definition) is 1. The van der Waals surface area contributed by atoms with E-state index in [9.17, 15) is 14.7 Å². The van der Waals surface area contributed by atoms with Gasteiger partial charge in [0, 0.05) is 33.4 Å². The molecule has 0 radical (unpaired) electrons. The lowest BCUT2D eigenvalue weighted by Crippen LogP contribution is -2.39. The van der Waals surface area contributed by atoms with Crippen LogP contribution in [-0.2, 0) is 10.2 Å². The molecule has 1 aromatic heterocycles. The van der Waals surface area contributed by atoms with Crippen LogP contribution in [0.1, 0.15) is 22.3 Å². The Morgan fingerprint density at radius 1 is 1.16 bits per heavy atom. The van der Waals surface area contributed by atoms with Crippen LogP contribution < -0.4 is 4.90 Å². The molecule has 25 heavy (non-hydrogen) atoms. The third-order valence-corrected chi connectivity index (χ3v) is 4.73. The van der Waals surface area contributed by atoms with Crippen molar-refractivity contribution >= 4 is 17.7 Å². The highest BCUT2D eigenvalue weighted by molar-refractivity contribution is 5.93. The fourth-order valence-electron chi connectivity index (χ4n) is 3.25. The summed E-state index contributed by atoms with van der Waals surface area (Å²) in [4.78, 5) is 31.8. The number of aromatic nitrogens is 1. The van der Waals surface area contributed by atoms with E-state index in [0.717, 1.165) is 5.56 Å². The zero-order valence-electron chi connectivity index (χ0n) is 14.3. The maximum atomic E-state index is 12.0. The standard InChI is InChI=1S/C19H21N3O3/c1-21(2)17(23)14-8-9-16(20-12-14)22-11-10-19(13-22,18(24)25)15-6-4-3-5-7-15/h3-9,12H,10-11,13H2,1-2H3,(H,24,25). The summed E-state index contributed by atoms with van der Waals surface area (Å²) in [7, 11) is 3.38. The van der Waals surface area contributed by atoms with Crippen molar-refractivity contribution in [2.45, 2.75) is 11.8 Å². The van der Waals surface area contributed by atoms with Crippen LogP contribution in [0.2, 0.25) is 0 Å². The summed E-state index contributed by atoms with van der Waals surface area (Å²) in [6, 6.07) is 12.8. The van der Waals surface area contributed by atoms with Gasteiger partial charge in [0.2, 0.25) is 0 Å². The van der Waals surface area contributed by atoms with E-state index < -0.39 is 11.4 Å². The molecule has 1 amide bonds. The van der Waals surface area contributed by atoms with E-state index in [1.807, 2.05) is 35.2 Å². The van der Waals surface area contributed by atoms with Crippen molar-refractivity contribution < 1.29 is 14.7 Å². The summed E-state index contributed by atoms with van der Waals surface area (Å²) < 4.78 is 0. The van der Waals surface area contributed by atoms with Gasteiger partial charge in [-0.25, -0.2) is 4.98 Å². The lowest BCUT2D eigenvalue weighted by atomic mass is 9.80. The van der Waals surface area contributed by atoms with Crippen molar-refractivity contribution in [3.8, 4) is 0 Å². The summed E-state index contributed by atoms with van der Waals surface area (Å²) in [5.41, 5.74) is 0.394. The van der Waals surface area contributed by atoms with E-state index in [4.69, 9.17) is 0 Å². The molecule has 130 valence electrons. The Morgan fingerprint density at radius 2 is 1.88 bits per heavy atom. The lowest BCUT2D eigenvalue weighted by Gasteiger charge is -2.25. The van der Waals surface area contributed by atoms with Crippen LogP contribution in [0.25, 0.3) is 0 Å². The number of pyridine rings is 1. The maximum absolute atomic E-state index is 12.0. The topological polar surface area (TPSA) is 73.7 Å². The number of carbonyl (C=O) groups is 2. The minimum absolute atomic E-state index is 0.107. The van der Waals surface area contributed by atoms with Crippen LogP contribution in [-0.4, -0.2) is 54.1 Å². The first kappa shape index (κ1) is 17.0. The average Bonchev–Trinajstić information content (AvgIpc) is 3.09. The number of carbonyl (C=O) groups excluding carboxylic acids is 1. The molecule has 2 heterocycles. The van der Waals surface area contributed by atoms with Crippen molar-refractivity contribution in [1.82, 2.24) is 9.88 Å². The molecular formula is C19H21N3O3. The van der Waals surface area contributed by atoms with Gasteiger partial charge in [-0.15, -0.1) is 0 Å². The Morgan fingerprint density at radius 3 is 2.44 bits per heavy atom. The van der Waals surface area contributed by atoms with Crippen LogP contribution in [0.5, 0.6) is 0 Å². The van der Waals surface area contributed by atoms with Crippen molar-refractivity contribution in [2.75, 3.05) is 32.1 Å². The first-order valence-electron chi connectivity index (χ1n) is 8.15. The number of carboxylic acids is 1. The molecule has 2 aromatic rings. The Labute approximate surface area is 146 Å². The third kappa shape index (κ3) is 3.07. The molecule has 3 rings (SSSR count). The zero-order valence-corrected chi connectivity index (χ0v) is 14.3. The quantitative estimate of drug-likeness (QED) is 0.922. The molecule has 6 heteroatoms. The number of carboxylic acid groups (broad SMARTS) is 1. The van der Waals surface area contributed by atoms with E-state index in [0.29, 0.717) is 30.9 Å². The van der Waals surface area contributed by atoms with Crippen LogP contribution in [0.15, 0.2) is 48.7 Å². The van der Waals surface area contributed by atoms with Crippen LogP contribution >= 0.6 is 0 Å². The predicted octanol–water partition coefficient (Wildman–Crippen LogP) is 2.02. The summed E-state index contributed by atoms with van der Waals surface area (Å²) in [6.45, 7) is 0.968. The number of benzene rings is 1. The summed E-state index contributed by atoms with van der Waals surface area (Å²) >= 11 is 0. The smallest absolute Gasteiger partial charge is 0.316 e. The van der Waals surface area contributed by atoms with Crippen molar-refractivity contribution in [1.29, 1.82) is 0 Å². The number of hydrogen-bond acceptors (Lipinski definition) is 4. The Hall–Kier alpha value is -2.89. The van der Waals surface area contributed by atoms with Gasteiger partial charge in [-0.3, -0.25) is 9.59 Å². The first-order valence-corrected chi connectivity index (χ1v) is 8.15. The second kappa shape index (κ2) is 6.55. The molecule has 0 bridgehead atoms. The molecule has 1 N–H and O–H groups in total. The Kier molecular flexibility index (Phi) is 4.44. The van der Waals surface area contributed by atoms with E-state index >= 15 is 0 Å². The highest BCUT2D eigenvalue weighted by Gasteiger charge is 2.46. The number of nitrogens with zero attached hydrogens (tertiary/aromatic N) is 3. The van der Waals surface area contributed by atoms with Gasteiger partial charge >= 0.3 is 5.97 Å². The molecule has 0 aliphatic carbocycles. The predicted molar refractivity (Wildman–Crippen MR) is 94.8 cm³/mol. The highest BCUT2D eigenvalue weighted by atomic mass is 16.4. The van der Waals surface area contributed by atoms with Gasteiger partial charge < -0.3 is 14.9 Å². The van der Waals surface area contributed by atoms with E-state index in [-0.39, 0.29) is 5.91 Å². The Bertz CT molecular complexity index is 774. The van der Waals surface area contributed by atoms with E-state index in [1.54, 1.807) is 32.4 Å². The fraction of sp³-hybridized carbons (Fsp3) is 0.316. The van der Waals surface area contributed by atoms with Gasteiger partial charge in [-0.1, -0.05) is 30.3 Å². The first-order chi connectivity index (χ1) is 11.9. The minimum atomic E-state index is -0.929. The second-order valence-electron chi connectivity index (χ2n) is 6.53. The van der Waals surface area contributed by atoms with E-state index in [2.05, 4.69) is 4.98 Å². The molecule has 1 unspecified atom stereocenters. The maximum Gasteiger partial charge on any atom is 0.316 e. The van der Waals surface area contributed by atoms with Crippen molar-refractivity contribution in [2.24, 2.45) is 0 Å². The molecule has 1 saturated heterocycles. The average molecular weight is 339 g/mol. The molecule has 1 atom stereocenters. The Balaban J connectivity index is 1.84. The second-order valence-corrected chi connectivity index (χ2v) is 6.53. The molecule has 0 saturated carbocycles. The molecule has 6 nitrogen and oxygen atoms in total. The molecule has 1 fully saturated rings. The van der Waals surface area contributed by atoms with Gasteiger partial charge in [0.15, 0.2) is 0 Å². The summed E-state index contributed by atoms with van der Waals surface area (Å²) in [5, 5.41) is 9.86. The normalized spacial score (nSPS) is 19.7. The monoisotopic (exact) mass is 339 g/mol. The minimum Gasteiger partial charge on any atom is -0.481 e. The molecule has 1 aromatic carbocycles. The van der Waals surface area contributed by atoms with Crippen LogP contribution in [0.4, 0.5) is 5.82 Å². The highest BCUT2D eigenvalue weighted by Crippen LogP contribution is 2.36. The zero-order chi connectivity index (χ0) is 18.0. The van der Waals surface area contributed by atoms with Gasteiger partial charge in [-0.05, 0) is 24.1 Å². The number of rotatable bonds is 4. The fourth-order valence-corrected chi connectivity index (χ4v) is 3.25. The van der Waals surface area contributed by atoms with Crippen molar-refractivity contribution in [3.05, 3.63) is 59.8 Å². The molecule has 0 spiro atoms. The molecule has 1 aliphatic rings. The summed E-state index contributed by atoms with van der Waals surface area (Å²) in [6.07, 6.45) is 2.06. The largest absolute Gasteiger partial charge is 0.481 e. The van der Waals surface area contributed by atoms with Gasteiger partial charge in [0.05, 0.1) is 5.56 Å². The molecule has 1 aliphatic heterocycles. The van der Waals surface area contributed by atoms with Gasteiger partial charge in [0.1, 0.15) is 11.2 Å². The molecular weight excluding hydrogens is 318 g/mol. The summed E-state index contributed by atoms with van der Waals surface area (Å²) in [5.74, 6) is -0.236. The van der Waals surface area contributed by atoms with Gasteiger partial charge in [-0.2, -0.15) is 0 Å². The number of aliphatic carboxylic acids is 1. The van der Waals surface area contributed by atoms with Crippen molar-refractivity contribution in [3.63, 3.8) is 0 Å². The number of amides is 1. The van der Waals surface area contributed by atoms with Crippen LogP contribution in [0, 0.1) is 0 Å². The lowest BCUT2D eigenvalue weighted by molar-refractivity contribution is -0.143. The number of anilines is 1. The van der Waals surface area contributed by atoms with E-state index in [1.165, 1.54) is 4.90 Å². The van der Waals surface area contributed by atoms with Crippen LogP contribution in [0.3, 0.4) is 0 Å². The third-order valence-electron chi connectivity index (χ3n) is 4.73. The van der Waals surface area contributed by atoms with Gasteiger partial charge in [0.25, 0.3) is 5.91 Å².